The quantitative estimate of drug-likeness (QED) is 0.739. The molecule has 0 aliphatic carbocycles. The predicted octanol–water partition coefficient (Wildman–Crippen LogP) is 2.68. The van der Waals surface area contributed by atoms with E-state index in [4.69, 9.17) is 0 Å². The predicted molar refractivity (Wildman–Crippen MR) is 92.7 cm³/mol. The van der Waals surface area contributed by atoms with Crippen LogP contribution in [-0.2, 0) is 9.59 Å². The Labute approximate surface area is 148 Å². The van der Waals surface area contributed by atoms with Gasteiger partial charge in [0, 0.05) is 37.3 Å². The Morgan fingerprint density at radius 2 is 1.65 bits per heavy atom. The monoisotopic (exact) mass is 361 g/mol. The number of hydrogen-bond acceptors (Lipinski definition) is 3. The number of amides is 3. The number of hydrogen-bond donors (Lipinski definition) is 3. The summed E-state index contributed by atoms with van der Waals surface area (Å²) in [6.07, 6.45) is -0.0427. The van der Waals surface area contributed by atoms with E-state index in [0.29, 0.717) is 17.4 Å². The Morgan fingerprint density at radius 3 is 2.31 bits per heavy atom. The summed E-state index contributed by atoms with van der Waals surface area (Å²) >= 11 is 0. The molecule has 0 bridgehead atoms. The third-order valence-corrected chi connectivity index (χ3v) is 3.28. The van der Waals surface area contributed by atoms with Gasteiger partial charge in [-0.2, -0.15) is 0 Å². The molecule has 2 aromatic carbocycles. The van der Waals surface area contributed by atoms with Crippen LogP contribution in [0, 0.1) is 11.6 Å². The van der Waals surface area contributed by atoms with Crippen molar-refractivity contribution in [3.8, 4) is 0 Å². The molecule has 6 nitrogen and oxygen atoms in total. The summed E-state index contributed by atoms with van der Waals surface area (Å²) < 4.78 is 26.3. The fraction of sp³-hybridized carbons (Fsp3) is 0.167. The van der Waals surface area contributed by atoms with Crippen LogP contribution < -0.4 is 16.0 Å². The van der Waals surface area contributed by atoms with Crippen LogP contribution in [0.2, 0.25) is 0 Å². The van der Waals surface area contributed by atoms with E-state index in [0.717, 1.165) is 12.1 Å². The molecule has 0 unspecified atom stereocenters. The molecule has 26 heavy (non-hydrogen) atoms. The van der Waals surface area contributed by atoms with Crippen LogP contribution in [-0.4, -0.2) is 24.3 Å². The molecule has 0 radical (unpaired) electrons. The summed E-state index contributed by atoms with van der Waals surface area (Å²) in [6.45, 7) is 1.35. The summed E-state index contributed by atoms with van der Waals surface area (Å²) in [7, 11) is 0. The molecule has 0 aliphatic heterocycles. The zero-order valence-electron chi connectivity index (χ0n) is 13.9. The van der Waals surface area contributed by atoms with Gasteiger partial charge in [0.1, 0.15) is 11.6 Å². The minimum atomic E-state index is -0.971. The van der Waals surface area contributed by atoms with Crippen molar-refractivity contribution in [2.45, 2.75) is 13.3 Å². The fourth-order valence-electron chi connectivity index (χ4n) is 2.16. The largest absolute Gasteiger partial charge is 0.351 e. The Balaban J connectivity index is 1.83. The Morgan fingerprint density at radius 1 is 0.962 bits per heavy atom. The van der Waals surface area contributed by atoms with Crippen LogP contribution >= 0.6 is 0 Å². The van der Waals surface area contributed by atoms with Crippen LogP contribution in [0.4, 0.5) is 20.2 Å². The standard InChI is InChI=1S/C18H17F2N3O3/c1-11(24)22-13-3-2-4-14(10-13)23-17(25)7-8-21-18(26)15-6-5-12(19)9-16(15)20/h2-6,9-10H,7-8H2,1H3,(H,21,26)(H,22,24)(H,23,25). The molecule has 0 fully saturated rings. The van der Waals surface area contributed by atoms with Gasteiger partial charge in [-0.25, -0.2) is 8.78 Å². The molecular formula is C18H17F2N3O3. The zero-order chi connectivity index (χ0) is 19.1. The first-order chi connectivity index (χ1) is 12.3. The van der Waals surface area contributed by atoms with Gasteiger partial charge in [0.15, 0.2) is 0 Å². The number of carbonyl (C=O) groups is 3. The Hall–Kier alpha value is -3.29. The number of carbonyl (C=O) groups excluding carboxylic acids is 3. The molecular weight excluding hydrogens is 344 g/mol. The van der Waals surface area contributed by atoms with Gasteiger partial charge in [-0.05, 0) is 30.3 Å². The van der Waals surface area contributed by atoms with E-state index < -0.39 is 17.5 Å². The minimum absolute atomic E-state index is 0.0210. The third kappa shape index (κ3) is 5.66. The topological polar surface area (TPSA) is 87.3 Å². The SMILES string of the molecule is CC(=O)Nc1cccc(NC(=O)CCNC(=O)c2ccc(F)cc2F)c1. The van der Waals surface area contributed by atoms with E-state index >= 15 is 0 Å². The molecule has 2 aromatic rings. The van der Waals surface area contributed by atoms with Crippen molar-refractivity contribution in [2.75, 3.05) is 17.2 Å². The maximum absolute atomic E-state index is 13.5. The summed E-state index contributed by atoms with van der Waals surface area (Å²) in [6, 6.07) is 9.21. The first kappa shape index (κ1) is 19.0. The van der Waals surface area contributed by atoms with E-state index in [1.54, 1.807) is 24.3 Å². The highest BCUT2D eigenvalue weighted by atomic mass is 19.1. The second kappa shape index (κ2) is 8.70. The van der Waals surface area contributed by atoms with Gasteiger partial charge in [-0.1, -0.05) is 6.07 Å². The molecule has 0 saturated heterocycles. The summed E-state index contributed by atoms with van der Waals surface area (Å²) in [5, 5.41) is 7.61. The van der Waals surface area contributed by atoms with Crippen molar-refractivity contribution in [3.05, 3.63) is 59.7 Å². The van der Waals surface area contributed by atoms with Crippen molar-refractivity contribution in [1.82, 2.24) is 5.32 Å². The van der Waals surface area contributed by atoms with Gasteiger partial charge in [0.05, 0.1) is 5.56 Å². The molecule has 3 N–H and O–H groups in total. The van der Waals surface area contributed by atoms with Crippen molar-refractivity contribution < 1.29 is 23.2 Å². The lowest BCUT2D eigenvalue weighted by Crippen LogP contribution is -2.28. The molecule has 0 aliphatic rings. The second-order valence-corrected chi connectivity index (χ2v) is 5.44. The van der Waals surface area contributed by atoms with Crippen LogP contribution in [0.1, 0.15) is 23.7 Å². The molecule has 0 atom stereocenters. The maximum Gasteiger partial charge on any atom is 0.254 e. The number of benzene rings is 2. The molecule has 0 saturated carbocycles. The molecule has 0 aromatic heterocycles. The Kier molecular flexibility index (Phi) is 6.37. The summed E-state index contributed by atoms with van der Waals surface area (Å²) in [4.78, 5) is 34.7. The van der Waals surface area contributed by atoms with Gasteiger partial charge < -0.3 is 16.0 Å². The van der Waals surface area contributed by atoms with Crippen molar-refractivity contribution >= 4 is 29.1 Å². The van der Waals surface area contributed by atoms with Crippen LogP contribution in [0.3, 0.4) is 0 Å². The molecule has 136 valence electrons. The third-order valence-electron chi connectivity index (χ3n) is 3.28. The van der Waals surface area contributed by atoms with E-state index in [-0.39, 0.29) is 30.3 Å². The van der Waals surface area contributed by atoms with Crippen LogP contribution in [0.15, 0.2) is 42.5 Å². The summed E-state index contributed by atoms with van der Waals surface area (Å²) in [5.74, 6) is -3.08. The molecule has 0 heterocycles. The first-order valence-corrected chi connectivity index (χ1v) is 7.76. The average Bonchev–Trinajstić information content (AvgIpc) is 2.54. The van der Waals surface area contributed by atoms with E-state index in [1.165, 1.54) is 6.92 Å². The maximum atomic E-state index is 13.5. The van der Waals surface area contributed by atoms with Gasteiger partial charge >= 0.3 is 0 Å². The highest BCUT2D eigenvalue weighted by Crippen LogP contribution is 2.15. The lowest BCUT2D eigenvalue weighted by atomic mass is 10.2. The van der Waals surface area contributed by atoms with E-state index in [2.05, 4.69) is 16.0 Å². The smallest absolute Gasteiger partial charge is 0.254 e. The van der Waals surface area contributed by atoms with Crippen molar-refractivity contribution in [3.63, 3.8) is 0 Å². The highest BCUT2D eigenvalue weighted by Gasteiger charge is 2.12. The highest BCUT2D eigenvalue weighted by molar-refractivity contribution is 5.96. The normalized spacial score (nSPS) is 10.1. The first-order valence-electron chi connectivity index (χ1n) is 7.76. The van der Waals surface area contributed by atoms with E-state index in [9.17, 15) is 23.2 Å². The Bertz CT molecular complexity index is 840. The lowest BCUT2D eigenvalue weighted by Gasteiger charge is -2.09. The molecule has 3 amide bonds. The number of anilines is 2. The van der Waals surface area contributed by atoms with Crippen molar-refractivity contribution in [1.29, 1.82) is 0 Å². The van der Waals surface area contributed by atoms with Gasteiger partial charge in [-0.15, -0.1) is 0 Å². The lowest BCUT2D eigenvalue weighted by molar-refractivity contribution is -0.116. The molecule has 8 heteroatoms. The zero-order valence-corrected chi connectivity index (χ0v) is 13.9. The van der Waals surface area contributed by atoms with Gasteiger partial charge in [0.25, 0.3) is 5.91 Å². The number of rotatable bonds is 6. The molecule has 0 spiro atoms. The number of nitrogens with one attached hydrogen (secondary N) is 3. The van der Waals surface area contributed by atoms with Crippen molar-refractivity contribution in [2.24, 2.45) is 0 Å². The fourth-order valence-corrected chi connectivity index (χ4v) is 2.16. The van der Waals surface area contributed by atoms with Gasteiger partial charge in [-0.3, -0.25) is 14.4 Å². The molecule has 2 rings (SSSR count). The van der Waals surface area contributed by atoms with Crippen LogP contribution in [0.25, 0.3) is 0 Å². The minimum Gasteiger partial charge on any atom is -0.351 e. The average molecular weight is 361 g/mol. The second-order valence-electron chi connectivity index (χ2n) is 5.44. The van der Waals surface area contributed by atoms with E-state index in [1.807, 2.05) is 0 Å². The van der Waals surface area contributed by atoms with Crippen LogP contribution in [0.5, 0.6) is 0 Å². The number of halogens is 2. The summed E-state index contributed by atoms with van der Waals surface area (Å²) in [5.41, 5.74) is 0.724. The van der Waals surface area contributed by atoms with Gasteiger partial charge in [0.2, 0.25) is 11.8 Å².